The van der Waals surface area contributed by atoms with Gasteiger partial charge in [0.05, 0.1) is 6.54 Å². The third-order valence-electron chi connectivity index (χ3n) is 8.18. The highest BCUT2D eigenvalue weighted by molar-refractivity contribution is 7.12. The SMILES string of the molecule is CCn1cc(-c2ccccc2[C@@H]2CN(C(=O)/C=C/[C@@H]3CC4(CC4)CN3)Cc3sc(C#N)cc32)c(C(F)(F)F)n1. The van der Waals surface area contributed by atoms with Gasteiger partial charge in [0, 0.05) is 54.3 Å². The van der Waals surface area contributed by atoms with E-state index in [0.717, 1.165) is 23.4 Å². The minimum Gasteiger partial charge on any atom is -0.333 e. The Kier molecular flexibility index (Phi) is 6.39. The van der Waals surface area contributed by atoms with Crippen molar-refractivity contribution < 1.29 is 18.0 Å². The Balaban J connectivity index is 1.36. The number of hydrogen-bond donors (Lipinski definition) is 1. The average Bonchev–Trinajstić information content (AvgIpc) is 3.27. The van der Waals surface area contributed by atoms with E-state index in [9.17, 15) is 23.2 Å². The zero-order chi connectivity index (χ0) is 27.4. The minimum atomic E-state index is -4.61. The number of thiophene rings is 1. The number of nitriles is 1. The van der Waals surface area contributed by atoms with Crippen LogP contribution in [0.4, 0.5) is 13.2 Å². The first-order valence-electron chi connectivity index (χ1n) is 13.2. The van der Waals surface area contributed by atoms with E-state index in [-0.39, 0.29) is 23.4 Å². The van der Waals surface area contributed by atoms with Gasteiger partial charge in [-0.1, -0.05) is 30.3 Å². The lowest BCUT2D eigenvalue weighted by atomic mass is 9.83. The number of halogens is 3. The van der Waals surface area contributed by atoms with Gasteiger partial charge in [-0.25, -0.2) is 0 Å². The van der Waals surface area contributed by atoms with Crippen molar-refractivity contribution in [3.63, 3.8) is 0 Å². The summed E-state index contributed by atoms with van der Waals surface area (Å²) < 4.78 is 43.3. The van der Waals surface area contributed by atoms with Crippen molar-refractivity contribution in [2.45, 2.75) is 57.4 Å². The molecule has 2 aliphatic heterocycles. The molecule has 39 heavy (non-hydrogen) atoms. The molecule has 10 heteroatoms. The molecule has 1 spiro atoms. The molecule has 2 fully saturated rings. The van der Waals surface area contributed by atoms with Gasteiger partial charge in [0.25, 0.3) is 0 Å². The average molecular weight is 552 g/mol. The molecule has 4 heterocycles. The fraction of sp³-hybridized carbons (Fsp3) is 0.414. The molecule has 6 rings (SSSR count). The molecule has 0 unspecified atom stereocenters. The molecule has 0 radical (unpaired) electrons. The van der Waals surface area contributed by atoms with Crippen molar-refractivity contribution in [3.05, 3.63) is 75.3 Å². The van der Waals surface area contributed by atoms with E-state index in [2.05, 4.69) is 16.5 Å². The fourth-order valence-electron chi connectivity index (χ4n) is 5.90. The number of benzene rings is 1. The highest BCUT2D eigenvalue weighted by Crippen LogP contribution is 2.52. The minimum absolute atomic E-state index is 0.0156. The van der Waals surface area contributed by atoms with Crippen molar-refractivity contribution >= 4 is 17.2 Å². The molecule has 3 aromatic rings. The second-order valence-electron chi connectivity index (χ2n) is 10.8. The Morgan fingerprint density at radius 2 is 2.08 bits per heavy atom. The standard InChI is InChI=1S/C29H28F3N5OS/c1-2-37-15-24(27(35-37)29(30,31)32)21-6-4-3-5-20(21)23-14-36(16-25-22(23)11-19(13-33)39-25)26(38)8-7-18-12-28(9-10-28)17-34-18/h3-8,11,15,18,23,34H,2,9-10,12,14,16-17H2,1H3/b8-7+/t18-,23+/m1/s1. The number of alkyl halides is 3. The largest absolute Gasteiger partial charge is 0.435 e. The quantitative estimate of drug-likeness (QED) is 0.413. The summed E-state index contributed by atoms with van der Waals surface area (Å²) in [5, 5.41) is 16.9. The molecule has 1 saturated heterocycles. The number of nitrogens with one attached hydrogen (secondary N) is 1. The molecular weight excluding hydrogens is 523 g/mol. The summed E-state index contributed by atoms with van der Waals surface area (Å²) in [6, 6.07) is 11.2. The van der Waals surface area contributed by atoms with Crippen LogP contribution in [0, 0.1) is 16.7 Å². The fourth-order valence-corrected chi connectivity index (χ4v) is 6.94. The number of aryl methyl sites for hydroxylation is 1. The summed E-state index contributed by atoms with van der Waals surface area (Å²) in [6.45, 7) is 3.71. The van der Waals surface area contributed by atoms with E-state index in [4.69, 9.17) is 0 Å². The second-order valence-corrected chi connectivity index (χ2v) is 11.9. The lowest BCUT2D eigenvalue weighted by molar-refractivity contribution is -0.141. The normalized spacial score (nSPS) is 21.9. The lowest BCUT2D eigenvalue weighted by Crippen LogP contribution is -2.37. The molecule has 3 aliphatic rings. The summed E-state index contributed by atoms with van der Waals surface area (Å²) in [7, 11) is 0. The van der Waals surface area contributed by atoms with Gasteiger partial charge in [0.15, 0.2) is 5.69 Å². The molecule has 1 aliphatic carbocycles. The number of nitrogens with zero attached hydrogens (tertiary/aromatic N) is 4. The Hall–Kier alpha value is -3.42. The van der Waals surface area contributed by atoms with Crippen molar-refractivity contribution in [3.8, 4) is 17.2 Å². The van der Waals surface area contributed by atoms with Crippen LogP contribution in [0.2, 0.25) is 0 Å². The van der Waals surface area contributed by atoms with E-state index in [0.29, 0.717) is 41.1 Å². The summed E-state index contributed by atoms with van der Waals surface area (Å²) in [4.78, 5) is 16.5. The summed E-state index contributed by atoms with van der Waals surface area (Å²) in [5.41, 5.74) is 1.50. The first kappa shape index (κ1) is 25.8. The Bertz CT molecular complexity index is 1490. The zero-order valence-electron chi connectivity index (χ0n) is 21.5. The molecule has 1 saturated carbocycles. The summed E-state index contributed by atoms with van der Waals surface area (Å²) in [6.07, 6.45) is 3.91. The number of rotatable bonds is 5. The van der Waals surface area contributed by atoms with E-state index in [1.54, 1.807) is 36.1 Å². The zero-order valence-corrected chi connectivity index (χ0v) is 22.3. The number of carbonyl (C=O) groups is 1. The maximum atomic E-state index is 14.0. The topological polar surface area (TPSA) is 74.0 Å². The van der Waals surface area contributed by atoms with Crippen LogP contribution in [0.5, 0.6) is 0 Å². The molecule has 202 valence electrons. The van der Waals surface area contributed by atoms with E-state index < -0.39 is 11.9 Å². The smallest absolute Gasteiger partial charge is 0.333 e. The van der Waals surface area contributed by atoms with Gasteiger partial charge in [-0.15, -0.1) is 11.3 Å². The third kappa shape index (κ3) is 4.90. The van der Waals surface area contributed by atoms with Crippen LogP contribution in [-0.4, -0.2) is 39.7 Å². The van der Waals surface area contributed by atoms with Gasteiger partial charge in [0.2, 0.25) is 5.91 Å². The van der Waals surface area contributed by atoms with Crippen LogP contribution in [-0.2, 0) is 24.1 Å². The van der Waals surface area contributed by atoms with Crippen LogP contribution in [0.1, 0.15) is 58.7 Å². The predicted molar refractivity (Wildman–Crippen MR) is 142 cm³/mol. The maximum absolute atomic E-state index is 14.0. The van der Waals surface area contributed by atoms with E-state index in [1.165, 1.54) is 35.1 Å². The molecule has 2 aromatic heterocycles. The summed E-state index contributed by atoms with van der Waals surface area (Å²) in [5.74, 6) is -0.519. The van der Waals surface area contributed by atoms with Crippen LogP contribution >= 0.6 is 11.3 Å². The van der Waals surface area contributed by atoms with Crippen LogP contribution < -0.4 is 5.32 Å². The Morgan fingerprint density at radius 1 is 1.28 bits per heavy atom. The number of fused-ring (bicyclic) bond motifs is 1. The third-order valence-corrected chi connectivity index (χ3v) is 9.22. The van der Waals surface area contributed by atoms with Crippen LogP contribution in [0.25, 0.3) is 11.1 Å². The van der Waals surface area contributed by atoms with Gasteiger partial charge in [-0.05, 0) is 54.4 Å². The molecule has 6 nitrogen and oxygen atoms in total. The predicted octanol–water partition coefficient (Wildman–Crippen LogP) is 5.69. The first-order valence-corrected chi connectivity index (χ1v) is 14.0. The van der Waals surface area contributed by atoms with Gasteiger partial charge >= 0.3 is 6.18 Å². The second kappa shape index (κ2) is 9.65. The molecule has 0 bridgehead atoms. The van der Waals surface area contributed by atoms with Crippen molar-refractivity contribution in [1.29, 1.82) is 5.26 Å². The van der Waals surface area contributed by atoms with Gasteiger partial charge in [0.1, 0.15) is 10.9 Å². The van der Waals surface area contributed by atoms with Crippen molar-refractivity contribution in [2.75, 3.05) is 13.1 Å². The maximum Gasteiger partial charge on any atom is 0.435 e. The van der Waals surface area contributed by atoms with Crippen LogP contribution in [0.15, 0.2) is 48.7 Å². The molecule has 1 amide bonds. The Morgan fingerprint density at radius 3 is 2.77 bits per heavy atom. The van der Waals surface area contributed by atoms with Crippen LogP contribution in [0.3, 0.4) is 0 Å². The van der Waals surface area contributed by atoms with Crippen molar-refractivity contribution in [2.24, 2.45) is 5.41 Å². The number of hydrogen-bond acceptors (Lipinski definition) is 5. The monoisotopic (exact) mass is 551 g/mol. The molecule has 1 N–H and O–H groups in total. The first-order chi connectivity index (χ1) is 18.7. The van der Waals surface area contributed by atoms with Crippen molar-refractivity contribution in [1.82, 2.24) is 20.0 Å². The van der Waals surface area contributed by atoms with Gasteiger partial charge < -0.3 is 10.2 Å². The lowest BCUT2D eigenvalue weighted by Gasteiger charge is -2.33. The highest BCUT2D eigenvalue weighted by Gasteiger charge is 2.47. The van der Waals surface area contributed by atoms with E-state index >= 15 is 0 Å². The molecular formula is C29H28F3N5OS. The van der Waals surface area contributed by atoms with E-state index in [1.807, 2.05) is 18.2 Å². The Labute approximate surface area is 228 Å². The number of carbonyl (C=O) groups excluding carboxylic acids is 1. The number of amides is 1. The highest BCUT2D eigenvalue weighted by atomic mass is 32.1. The van der Waals surface area contributed by atoms with Gasteiger partial charge in [-0.2, -0.15) is 23.5 Å². The molecule has 1 aromatic carbocycles. The summed E-state index contributed by atoms with van der Waals surface area (Å²) >= 11 is 1.34. The molecule has 2 atom stereocenters. The number of aromatic nitrogens is 2. The van der Waals surface area contributed by atoms with Gasteiger partial charge in [-0.3, -0.25) is 9.48 Å².